The fourth-order valence-corrected chi connectivity index (χ4v) is 3.77. The van der Waals surface area contributed by atoms with Gasteiger partial charge in [-0.05, 0) is 45.7 Å². The summed E-state index contributed by atoms with van der Waals surface area (Å²) in [7, 11) is 0. The van der Waals surface area contributed by atoms with Gasteiger partial charge in [0.1, 0.15) is 0 Å². The summed E-state index contributed by atoms with van der Waals surface area (Å²) in [6, 6.07) is 3.26. The van der Waals surface area contributed by atoms with Crippen LogP contribution in [-0.2, 0) is 11.3 Å². The van der Waals surface area contributed by atoms with Crippen molar-refractivity contribution in [1.29, 1.82) is 0 Å². The van der Waals surface area contributed by atoms with Crippen molar-refractivity contribution in [3.05, 3.63) is 41.1 Å². The summed E-state index contributed by atoms with van der Waals surface area (Å²) < 4.78 is 6.89. The molecule has 1 atom stereocenters. The molecule has 0 aromatic carbocycles. The van der Waals surface area contributed by atoms with Crippen molar-refractivity contribution in [3.63, 3.8) is 0 Å². The van der Waals surface area contributed by atoms with E-state index in [0.717, 1.165) is 18.5 Å². The summed E-state index contributed by atoms with van der Waals surface area (Å²) >= 11 is 0. The Morgan fingerprint density at radius 3 is 2.75 bits per heavy atom. The first-order valence-electron chi connectivity index (χ1n) is 9.54. The Labute approximate surface area is 163 Å². The molecule has 0 spiro atoms. The molecular formula is C20H26N4O4. The molecule has 2 amide bonds. The van der Waals surface area contributed by atoms with Crippen molar-refractivity contribution in [1.82, 2.24) is 20.0 Å². The quantitative estimate of drug-likeness (QED) is 0.767. The first kappa shape index (κ1) is 19.9. The van der Waals surface area contributed by atoms with Crippen molar-refractivity contribution >= 4 is 17.6 Å². The molecule has 8 heteroatoms. The van der Waals surface area contributed by atoms with Crippen molar-refractivity contribution in [3.8, 4) is 0 Å². The maximum absolute atomic E-state index is 12.4. The number of hydrogen-bond donors (Lipinski definition) is 1. The van der Waals surface area contributed by atoms with Crippen molar-refractivity contribution in [2.45, 2.75) is 52.6 Å². The standard InChI is InChI=1S/C20H26N4O4/c1-13-19(15(3)25)14(2)24(22-13)10-8-18(26)21-16-6-4-9-23(12-16)20(27)17-7-5-11-28-17/h5,7,11,16H,4,6,8-10,12H2,1-3H3,(H,21,26). The summed E-state index contributed by atoms with van der Waals surface area (Å²) in [6.45, 7) is 6.70. The highest BCUT2D eigenvalue weighted by Gasteiger charge is 2.26. The van der Waals surface area contributed by atoms with Gasteiger partial charge in [-0.1, -0.05) is 0 Å². The summed E-state index contributed by atoms with van der Waals surface area (Å²) in [4.78, 5) is 38.2. The van der Waals surface area contributed by atoms with Gasteiger partial charge in [0.25, 0.3) is 5.91 Å². The monoisotopic (exact) mass is 386 g/mol. The van der Waals surface area contributed by atoms with Gasteiger partial charge in [0.15, 0.2) is 11.5 Å². The van der Waals surface area contributed by atoms with Crippen LogP contribution in [-0.4, -0.2) is 51.4 Å². The summed E-state index contributed by atoms with van der Waals surface area (Å²) in [5, 5.41) is 7.38. The Kier molecular flexibility index (Phi) is 5.96. The van der Waals surface area contributed by atoms with Crippen LogP contribution in [0.4, 0.5) is 0 Å². The zero-order valence-corrected chi connectivity index (χ0v) is 16.5. The fourth-order valence-electron chi connectivity index (χ4n) is 3.77. The van der Waals surface area contributed by atoms with Crippen LogP contribution in [0, 0.1) is 13.8 Å². The molecule has 2 aromatic heterocycles. The van der Waals surface area contributed by atoms with Gasteiger partial charge in [-0.25, -0.2) is 0 Å². The number of carbonyl (C=O) groups excluding carboxylic acids is 3. The number of aromatic nitrogens is 2. The molecule has 1 saturated heterocycles. The van der Waals surface area contributed by atoms with E-state index in [0.29, 0.717) is 36.7 Å². The summed E-state index contributed by atoms with van der Waals surface area (Å²) in [6.07, 6.45) is 3.41. The Bertz CT molecular complexity index is 869. The lowest BCUT2D eigenvalue weighted by Gasteiger charge is -2.32. The fraction of sp³-hybridized carbons (Fsp3) is 0.500. The van der Waals surface area contributed by atoms with Gasteiger partial charge in [0.2, 0.25) is 5.91 Å². The van der Waals surface area contributed by atoms with Crippen LogP contribution in [0.2, 0.25) is 0 Å². The van der Waals surface area contributed by atoms with E-state index in [9.17, 15) is 14.4 Å². The van der Waals surface area contributed by atoms with Crippen molar-refractivity contribution in [2.24, 2.45) is 0 Å². The number of piperidine rings is 1. The minimum absolute atomic E-state index is 0.0192. The molecule has 1 N–H and O–H groups in total. The lowest BCUT2D eigenvalue weighted by atomic mass is 10.1. The normalized spacial score (nSPS) is 16.8. The topological polar surface area (TPSA) is 97.4 Å². The molecule has 0 saturated carbocycles. The predicted octanol–water partition coefficient (Wildman–Crippen LogP) is 2.11. The lowest BCUT2D eigenvalue weighted by Crippen LogP contribution is -2.49. The van der Waals surface area contributed by atoms with Crippen LogP contribution in [0.5, 0.6) is 0 Å². The van der Waals surface area contributed by atoms with Gasteiger partial charge >= 0.3 is 0 Å². The highest BCUT2D eigenvalue weighted by atomic mass is 16.3. The number of likely N-dealkylation sites (tertiary alicyclic amines) is 1. The third-order valence-electron chi connectivity index (χ3n) is 5.09. The second kappa shape index (κ2) is 8.41. The van der Waals surface area contributed by atoms with E-state index in [1.807, 2.05) is 6.92 Å². The number of furan rings is 1. The number of carbonyl (C=O) groups is 3. The largest absolute Gasteiger partial charge is 0.459 e. The third kappa shape index (κ3) is 4.32. The number of nitrogens with one attached hydrogen (secondary N) is 1. The van der Waals surface area contributed by atoms with E-state index in [1.54, 1.807) is 28.6 Å². The van der Waals surface area contributed by atoms with Gasteiger partial charge in [-0.3, -0.25) is 19.1 Å². The number of nitrogens with zero attached hydrogens (tertiary/aromatic N) is 3. The molecule has 0 bridgehead atoms. The number of hydrogen-bond acceptors (Lipinski definition) is 5. The van der Waals surface area contributed by atoms with Crippen LogP contribution >= 0.6 is 0 Å². The lowest BCUT2D eigenvalue weighted by molar-refractivity contribution is -0.122. The molecule has 1 aliphatic heterocycles. The molecule has 2 aromatic rings. The van der Waals surface area contributed by atoms with E-state index in [2.05, 4.69) is 10.4 Å². The van der Waals surface area contributed by atoms with Crippen LogP contribution in [0.1, 0.15) is 58.5 Å². The van der Waals surface area contributed by atoms with Gasteiger partial charge < -0.3 is 14.6 Å². The molecule has 1 unspecified atom stereocenters. The van der Waals surface area contributed by atoms with Crippen LogP contribution in [0.15, 0.2) is 22.8 Å². The van der Waals surface area contributed by atoms with Crippen molar-refractivity contribution in [2.75, 3.05) is 13.1 Å². The second-order valence-corrected chi connectivity index (χ2v) is 7.21. The number of rotatable bonds is 6. The van der Waals surface area contributed by atoms with Crippen LogP contribution in [0.3, 0.4) is 0 Å². The molecule has 150 valence electrons. The maximum Gasteiger partial charge on any atom is 0.289 e. The number of aryl methyl sites for hydroxylation is 2. The first-order valence-corrected chi connectivity index (χ1v) is 9.54. The predicted molar refractivity (Wildman–Crippen MR) is 102 cm³/mol. The van der Waals surface area contributed by atoms with E-state index < -0.39 is 0 Å². The van der Waals surface area contributed by atoms with E-state index >= 15 is 0 Å². The van der Waals surface area contributed by atoms with Gasteiger partial charge in [-0.15, -0.1) is 0 Å². The molecule has 8 nitrogen and oxygen atoms in total. The number of amides is 2. The maximum atomic E-state index is 12.4. The second-order valence-electron chi connectivity index (χ2n) is 7.21. The first-order chi connectivity index (χ1) is 13.4. The molecule has 0 radical (unpaired) electrons. The van der Waals surface area contributed by atoms with E-state index in [1.165, 1.54) is 13.2 Å². The third-order valence-corrected chi connectivity index (χ3v) is 5.09. The molecular weight excluding hydrogens is 360 g/mol. The molecule has 3 rings (SSSR count). The SMILES string of the molecule is CC(=O)c1c(C)nn(CCC(=O)NC2CCCN(C(=O)c3ccco3)C2)c1C. The average Bonchev–Trinajstić information content (AvgIpc) is 3.27. The Hall–Kier alpha value is -2.90. The van der Waals surface area contributed by atoms with E-state index in [4.69, 9.17) is 4.42 Å². The van der Waals surface area contributed by atoms with Gasteiger partial charge in [0, 0.05) is 37.8 Å². The smallest absolute Gasteiger partial charge is 0.289 e. The van der Waals surface area contributed by atoms with Gasteiger partial charge in [-0.2, -0.15) is 5.10 Å². The Morgan fingerprint density at radius 1 is 1.32 bits per heavy atom. The summed E-state index contributed by atoms with van der Waals surface area (Å²) in [5.74, 6) is 0.0598. The van der Waals surface area contributed by atoms with Crippen LogP contribution in [0.25, 0.3) is 0 Å². The zero-order valence-electron chi connectivity index (χ0n) is 16.5. The molecule has 28 heavy (non-hydrogen) atoms. The Balaban J connectivity index is 1.53. The zero-order chi connectivity index (χ0) is 20.3. The minimum atomic E-state index is -0.150. The minimum Gasteiger partial charge on any atom is -0.459 e. The van der Waals surface area contributed by atoms with E-state index in [-0.39, 0.29) is 30.1 Å². The molecule has 0 aliphatic carbocycles. The number of ketones is 1. The van der Waals surface area contributed by atoms with Crippen molar-refractivity contribution < 1.29 is 18.8 Å². The highest BCUT2D eigenvalue weighted by molar-refractivity contribution is 5.96. The highest BCUT2D eigenvalue weighted by Crippen LogP contribution is 2.16. The van der Waals surface area contributed by atoms with Gasteiger partial charge in [0.05, 0.1) is 17.5 Å². The average molecular weight is 386 g/mol. The van der Waals surface area contributed by atoms with Crippen LogP contribution < -0.4 is 5.32 Å². The summed E-state index contributed by atoms with van der Waals surface area (Å²) in [5.41, 5.74) is 2.09. The number of Topliss-reactive ketones (excluding diaryl/α,β-unsaturated/α-hetero) is 1. The molecule has 3 heterocycles. The molecule has 1 aliphatic rings. The molecule has 1 fully saturated rings. The Morgan fingerprint density at radius 2 is 2.11 bits per heavy atom.